The highest BCUT2D eigenvalue weighted by Gasteiger charge is 2.47. The SMILES string of the molecule is Cl.O=CCCC1Cc2ccccc2C12CCN(c1cc3ccccc3[nH]1)CC2. The first-order chi connectivity index (χ1) is 13.3. The summed E-state index contributed by atoms with van der Waals surface area (Å²) >= 11 is 0. The molecule has 0 bridgehead atoms. The second kappa shape index (κ2) is 7.63. The lowest BCUT2D eigenvalue weighted by Crippen LogP contribution is -2.45. The zero-order valence-electron chi connectivity index (χ0n) is 16.1. The first kappa shape index (κ1) is 19.1. The van der Waals surface area contributed by atoms with E-state index >= 15 is 0 Å². The van der Waals surface area contributed by atoms with E-state index in [1.165, 1.54) is 35.1 Å². The Labute approximate surface area is 172 Å². The lowest BCUT2D eigenvalue weighted by atomic mass is 9.67. The molecule has 146 valence electrons. The maximum atomic E-state index is 11.0. The maximum Gasteiger partial charge on any atom is 0.120 e. The van der Waals surface area contributed by atoms with Gasteiger partial charge >= 0.3 is 0 Å². The summed E-state index contributed by atoms with van der Waals surface area (Å²) in [5.74, 6) is 1.84. The Balaban J connectivity index is 0.00000192. The monoisotopic (exact) mass is 394 g/mol. The average Bonchev–Trinajstić information content (AvgIpc) is 3.27. The van der Waals surface area contributed by atoms with E-state index in [4.69, 9.17) is 0 Å². The molecule has 2 aromatic carbocycles. The lowest BCUT2D eigenvalue weighted by molar-refractivity contribution is -0.108. The summed E-state index contributed by atoms with van der Waals surface area (Å²) in [5, 5.41) is 1.28. The van der Waals surface area contributed by atoms with Crippen LogP contribution in [-0.2, 0) is 16.6 Å². The largest absolute Gasteiger partial charge is 0.358 e. The number of nitrogens with one attached hydrogen (secondary N) is 1. The molecule has 4 heteroatoms. The summed E-state index contributed by atoms with van der Waals surface area (Å²) in [5.41, 5.74) is 4.52. The minimum atomic E-state index is 0. The fourth-order valence-electron chi connectivity index (χ4n) is 5.56. The van der Waals surface area contributed by atoms with Crippen molar-refractivity contribution in [1.29, 1.82) is 0 Å². The summed E-state index contributed by atoms with van der Waals surface area (Å²) in [6.07, 6.45) is 6.27. The number of benzene rings is 2. The van der Waals surface area contributed by atoms with Crippen molar-refractivity contribution in [2.75, 3.05) is 18.0 Å². The Kier molecular flexibility index (Phi) is 5.20. The highest BCUT2D eigenvalue weighted by molar-refractivity contribution is 5.85. The van der Waals surface area contributed by atoms with Crippen LogP contribution < -0.4 is 4.90 Å². The average molecular weight is 395 g/mol. The fraction of sp³-hybridized carbons (Fsp3) is 0.375. The minimum absolute atomic E-state index is 0. The summed E-state index contributed by atoms with van der Waals surface area (Å²) in [6, 6.07) is 19.8. The number of rotatable bonds is 4. The predicted molar refractivity (Wildman–Crippen MR) is 118 cm³/mol. The molecule has 1 N–H and O–H groups in total. The van der Waals surface area contributed by atoms with Crippen molar-refractivity contribution in [2.45, 2.75) is 37.5 Å². The zero-order valence-corrected chi connectivity index (χ0v) is 16.9. The number of hydrogen-bond acceptors (Lipinski definition) is 2. The van der Waals surface area contributed by atoms with Gasteiger partial charge in [0.15, 0.2) is 0 Å². The Hall–Kier alpha value is -2.26. The molecule has 28 heavy (non-hydrogen) atoms. The first-order valence-corrected chi connectivity index (χ1v) is 10.1. The third-order valence-electron chi connectivity index (χ3n) is 6.95. The van der Waals surface area contributed by atoms with Gasteiger partial charge in [0, 0.05) is 35.8 Å². The van der Waals surface area contributed by atoms with Gasteiger partial charge < -0.3 is 14.7 Å². The van der Waals surface area contributed by atoms with Crippen LogP contribution in [0, 0.1) is 5.92 Å². The molecule has 1 unspecified atom stereocenters. The molecule has 1 fully saturated rings. The summed E-state index contributed by atoms with van der Waals surface area (Å²) in [6.45, 7) is 2.14. The molecule has 3 aromatic rings. The molecule has 1 aliphatic heterocycles. The van der Waals surface area contributed by atoms with Crippen LogP contribution in [0.1, 0.15) is 36.8 Å². The number of aldehydes is 1. The van der Waals surface area contributed by atoms with Crippen molar-refractivity contribution in [2.24, 2.45) is 5.92 Å². The van der Waals surface area contributed by atoms with Gasteiger partial charge in [-0.1, -0.05) is 42.5 Å². The van der Waals surface area contributed by atoms with E-state index in [1.54, 1.807) is 5.56 Å². The zero-order chi connectivity index (χ0) is 18.3. The van der Waals surface area contributed by atoms with Crippen molar-refractivity contribution < 1.29 is 4.79 Å². The van der Waals surface area contributed by atoms with E-state index in [0.29, 0.717) is 12.3 Å². The number of carbonyl (C=O) groups is 1. The Morgan fingerprint density at radius 1 is 1.07 bits per heavy atom. The smallest absolute Gasteiger partial charge is 0.120 e. The number of anilines is 1. The molecular weight excluding hydrogens is 368 g/mol. The van der Waals surface area contributed by atoms with Crippen molar-refractivity contribution >= 4 is 35.4 Å². The molecular formula is C24H27ClN2O. The molecule has 1 aliphatic carbocycles. The van der Waals surface area contributed by atoms with Crippen LogP contribution in [0.15, 0.2) is 54.6 Å². The van der Waals surface area contributed by atoms with Gasteiger partial charge in [0.2, 0.25) is 0 Å². The van der Waals surface area contributed by atoms with Crippen LogP contribution in [0.5, 0.6) is 0 Å². The molecule has 1 spiro atoms. The van der Waals surface area contributed by atoms with E-state index in [-0.39, 0.29) is 17.8 Å². The van der Waals surface area contributed by atoms with Crippen LogP contribution in [0.2, 0.25) is 0 Å². The van der Waals surface area contributed by atoms with E-state index in [9.17, 15) is 4.79 Å². The Bertz CT molecular complexity index is 938. The van der Waals surface area contributed by atoms with Crippen LogP contribution in [0.25, 0.3) is 10.9 Å². The maximum absolute atomic E-state index is 11.0. The van der Waals surface area contributed by atoms with Gasteiger partial charge in [-0.2, -0.15) is 0 Å². The standard InChI is InChI=1S/C24H26N2O.ClH/c27-15-5-8-20-16-18-6-1-3-9-21(18)24(20)11-13-26(14-12-24)23-17-19-7-2-4-10-22(19)25-23;/h1-4,6-7,9-10,15,17,20,25H,5,8,11-14,16H2;1H. The van der Waals surface area contributed by atoms with Crippen molar-refractivity contribution in [1.82, 2.24) is 4.98 Å². The molecule has 3 nitrogen and oxygen atoms in total. The molecule has 0 amide bonds. The Morgan fingerprint density at radius 3 is 2.61 bits per heavy atom. The molecule has 2 aliphatic rings. The normalized spacial score (nSPS) is 20.1. The van der Waals surface area contributed by atoms with Crippen molar-refractivity contribution in [3.8, 4) is 0 Å². The number of aromatic nitrogens is 1. The molecule has 1 atom stereocenters. The first-order valence-electron chi connectivity index (χ1n) is 10.1. The molecule has 0 radical (unpaired) electrons. The minimum Gasteiger partial charge on any atom is -0.358 e. The quantitative estimate of drug-likeness (QED) is 0.611. The third kappa shape index (κ3) is 3.02. The topological polar surface area (TPSA) is 36.1 Å². The van der Waals surface area contributed by atoms with Crippen molar-refractivity contribution in [3.63, 3.8) is 0 Å². The van der Waals surface area contributed by atoms with E-state index in [1.807, 2.05) is 0 Å². The van der Waals surface area contributed by atoms with Crippen LogP contribution in [-0.4, -0.2) is 24.4 Å². The fourth-order valence-corrected chi connectivity index (χ4v) is 5.56. The van der Waals surface area contributed by atoms with Crippen LogP contribution in [0.3, 0.4) is 0 Å². The van der Waals surface area contributed by atoms with Gasteiger partial charge in [0.05, 0.1) is 0 Å². The molecule has 5 rings (SSSR count). The number of hydrogen-bond donors (Lipinski definition) is 1. The van der Waals surface area contributed by atoms with E-state index < -0.39 is 0 Å². The number of carbonyl (C=O) groups excluding carboxylic acids is 1. The lowest BCUT2D eigenvalue weighted by Gasteiger charge is -2.44. The highest BCUT2D eigenvalue weighted by atomic mass is 35.5. The molecule has 1 saturated heterocycles. The number of piperidine rings is 1. The van der Waals surface area contributed by atoms with Gasteiger partial charge in [0.25, 0.3) is 0 Å². The van der Waals surface area contributed by atoms with E-state index in [0.717, 1.165) is 32.2 Å². The van der Waals surface area contributed by atoms with Gasteiger partial charge in [-0.3, -0.25) is 0 Å². The van der Waals surface area contributed by atoms with Crippen LogP contribution in [0.4, 0.5) is 5.82 Å². The number of para-hydroxylation sites is 1. The molecule has 1 aromatic heterocycles. The summed E-state index contributed by atoms with van der Waals surface area (Å²) in [4.78, 5) is 17.1. The number of H-pyrrole nitrogens is 1. The second-order valence-electron chi connectivity index (χ2n) is 8.19. The predicted octanol–water partition coefficient (Wildman–Crippen LogP) is 5.28. The summed E-state index contributed by atoms with van der Waals surface area (Å²) in [7, 11) is 0. The van der Waals surface area contributed by atoms with Crippen LogP contribution >= 0.6 is 12.4 Å². The second-order valence-corrected chi connectivity index (χ2v) is 8.19. The Morgan fingerprint density at radius 2 is 1.82 bits per heavy atom. The third-order valence-corrected chi connectivity index (χ3v) is 6.95. The number of aromatic amines is 1. The summed E-state index contributed by atoms with van der Waals surface area (Å²) < 4.78 is 0. The highest BCUT2D eigenvalue weighted by Crippen LogP contribution is 2.51. The van der Waals surface area contributed by atoms with Gasteiger partial charge in [-0.25, -0.2) is 0 Å². The number of fused-ring (bicyclic) bond motifs is 3. The molecule has 2 heterocycles. The number of nitrogens with zero attached hydrogens (tertiary/aromatic N) is 1. The van der Waals surface area contributed by atoms with Gasteiger partial charge in [0.1, 0.15) is 12.1 Å². The number of halogens is 1. The van der Waals surface area contributed by atoms with Crippen molar-refractivity contribution in [3.05, 3.63) is 65.7 Å². The van der Waals surface area contributed by atoms with Gasteiger partial charge in [-0.15, -0.1) is 12.4 Å². The van der Waals surface area contributed by atoms with E-state index in [2.05, 4.69) is 64.5 Å². The molecule has 0 saturated carbocycles. The van der Waals surface area contributed by atoms with Gasteiger partial charge in [-0.05, 0) is 54.9 Å².